The van der Waals surface area contributed by atoms with Gasteiger partial charge in [0, 0.05) is 16.1 Å². The van der Waals surface area contributed by atoms with Gasteiger partial charge < -0.3 is 19.2 Å². The molecule has 0 unspecified atom stereocenters. The predicted molar refractivity (Wildman–Crippen MR) is 105 cm³/mol. The SMILES string of the molecule is COc1ccc(-c2nnc([C@@H](C)OC(=O)CNC(=O)c3ccc(Cl)cc3)o2)cc1. The third-order valence-corrected chi connectivity index (χ3v) is 4.19. The van der Waals surface area contributed by atoms with E-state index in [4.69, 9.17) is 25.5 Å². The zero-order valence-electron chi connectivity index (χ0n) is 15.7. The number of rotatable bonds is 7. The molecule has 0 radical (unpaired) electrons. The highest BCUT2D eigenvalue weighted by Crippen LogP contribution is 2.24. The first kappa shape index (κ1) is 20.3. The summed E-state index contributed by atoms with van der Waals surface area (Å²) in [7, 11) is 1.58. The zero-order chi connectivity index (χ0) is 20.8. The van der Waals surface area contributed by atoms with E-state index in [0.29, 0.717) is 27.8 Å². The number of benzene rings is 2. The summed E-state index contributed by atoms with van der Waals surface area (Å²) in [5.74, 6) is 0.0982. The van der Waals surface area contributed by atoms with Crippen molar-refractivity contribution in [1.29, 1.82) is 0 Å². The van der Waals surface area contributed by atoms with Gasteiger partial charge >= 0.3 is 5.97 Å². The maximum Gasteiger partial charge on any atom is 0.326 e. The predicted octanol–water partition coefficient (Wildman–Crippen LogP) is 3.43. The van der Waals surface area contributed by atoms with Gasteiger partial charge in [-0.2, -0.15) is 0 Å². The summed E-state index contributed by atoms with van der Waals surface area (Å²) in [5, 5.41) is 10.9. The smallest absolute Gasteiger partial charge is 0.326 e. The number of ether oxygens (including phenoxy) is 2. The minimum absolute atomic E-state index is 0.146. The van der Waals surface area contributed by atoms with Crippen molar-refractivity contribution in [3.05, 3.63) is 65.0 Å². The number of nitrogens with one attached hydrogen (secondary N) is 1. The van der Waals surface area contributed by atoms with Gasteiger partial charge in [-0.1, -0.05) is 11.6 Å². The lowest BCUT2D eigenvalue weighted by molar-refractivity contribution is -0.148. The van der Waals surface area contributed by atoms with Crippen molar-refractivity contribution in [2.24, 2.45) is 0 Å². The Labute approximate surface area is 171 Å². The van der Waals surface area contributed by atoms with E-state index in [1.54, 1.807) is 62.6 Å². The average molecular weight is 416 g/mol. The molecular weight excluding hydrogens is 398 g/mol. The molecule has 0 saturated carbocycles. The number of hydrogen-bond acceptors (Lipinski definition) is 7. The summed E-state index contributed by atoms with van der Waals surface area (Å²) < 4.78 is 15.9. The molecule has 1 aromatic heterocycles. The molecule has 2 aromatic carbocycles. The molecule has 0 aliphatic rings. The van der Waals surface area contributed by atoms with Crippen LogP contribution in [-0.2, 0) is 9.53 Å². The van der Waals surface area contributed by atoms with Gasteiger partial charge in [-0.15, -0.1) is 10.2 Å². The number of aromatic nitrogens is 2. The summed E-state index contributed by atoms with van der Waals surface area (Å²) in [6, 6.07) is 13.4. The molecule has 3 aromatic rings. The van der Waals surface area contributed by atoms with Crippen LogP contribution in [0, 0.1) is 0 Å². The molecular formula is C20H18ClN3O5. The van der Waals surface area contributed by atoms with E-state index in [1.165, 1.54) is 0 Å². The minimum Gasteiger partial charge on any atom is -0.497 e. The van der Waals surface area contributed by atoms with Gasteiger partial charge in [-0.05, 0) is 55.5 Å². The van der Waals surface area contributed by atoms with Crippen LogP contribution in [0.15, 0.2) is 52.9 Å². The van der Waals surface area contributed by atoms with E-state index < -0.39 is 18.0 Å². The van der Waals surface area contributed by atoms with Crippen molar-refractivity contribution in [3.8, 4) is 17.2 Å². The first-order valence-electron chi connectivity index (χ1n) is 8.67. The Morgan fingerprint density at radius 3 is 2.45 bits per heavy atom. The van der Waals surface area contributed by atoms with Gasteiger partial charge in [0.25, 0.3) is 11.8 Å². The van der Waals surface area contributed by atoms with Crippen LogP contribution in [-0.4, -0.2) is 35.7 Å². The molecule has 1 amide bonds. The lowest BCUT2D eigenvalue weighted by Crippen LogP contribution is -2.31. The van der Waals surface area contributed by atoms with E-state index in [-0.39, 0.29) is 12.4 Å². The number of carbonyl (C=O) groups excluding carboxylic acids is 2. The average Bonchev–Trinajstić information content (AvgIpc) is 3.23. The minimum atomic E-state index is -0.769. The Morgan fingerprint density at radius 1 is 1.10 bits per heavy atom. The molecule has 29 heavy (non-hydrogen) atoms. The number of esters is 1. The molecule has 3 rings (SSSR count). The van der Waals surface area contributed by atoms with Crippen LogP contribution in [0.3, 0.4) is 0 Å². The highest BCUT2D eigenvalue weighted by Gasteiger charge is 2.19. The standard InChI is InChI=1S/C20H18ClN3O5/c1-12(19-23-24-20(29-19)14-5-9-16(27-2)10-6-14)28-17(25)11-22-18(26)13-3-7-15(21)8-4-13/h3-10,12H,11H2,1-2H3,(H,22,26)/t12-/m1/s1. The van der Waals surface area contributed by atoms with E-state index in [0.717, 1.165) is 0 Å². The van der Waals surface area contributed by atoms with Gasteiger partial charge in [-0.25, -0.2) is 0 Å². The van der Waals surface area contributed by atoms with Gasteiger partial charge in [0.05, 0.1) is 7.11 Å². The summed E-state index contributed by atoms with van der Waals surface area (Å²) in [6.07, 6.45) is -0.769. The summed E-state index contributed by atoms with van der Waals surface area (Å²) >= 11 is 5.78. The fraction of sp³-hybridized carbons (Fsp3) is 0.200. The van der Waals surface area contributed by atoms with Crippen LogP contribution in [0.2, 0.25) is 5.02 Å². The summed E-state index contributed by atoms with van der Waals surface area (Å²) in [6.45, 7) is 1.30. The number of amides is 1. The summed E-state index contributed by atoms with van der Waals surface area (Å²) in [5.41, 5.74) is 1.09. The topological polar surface area (TPSA) is 104 Å². The quantitative estimate of drug-likeness (QED) is 0.589. The highest BCUT2D eigenvalue weighted by molar-refractivity contribution is 6.30. The monoisotopic (exact) mass is 415 g/mol. The van der Waals surface area contributed by atoms with Crippen molar-refractivity contribution in [2.45, 2.75) is 13.0 Å². The maximum absolute atomic E-state index is 12.0. The van der Waals surface area contributed by atoms with Crippen LogP contribution in [0.5, 0.6) is 5.75 Å². The molecule has 8 nitrogen and oxygen atoms in total. The van der Waals surface area contributed by atoms with Crippen LogP contribution in [0.1, 0.15) is 29.3 Å². The fourth-order valence-electron chi connectivity index (χ4n) is 2.39. The lowest BCUT2D eigenvalue weighted by atomic mass is 10.2. The van der Waals surface area contributed by atoms with Crippen molar-refractivity contribution < 1.29 is 23.5 Å². The van der Waals surface area contributed by atoms with Crippen LogP contribution in [0.4, 0.5) is 0 Å². The first-order chi connectivity index (χ1) is 14.0. The number of carbonyl (C=O) groups is 2. The molecule has 0 aliphatic heterocycles. The third-order valence-electron chi connectivity index (χ3n) is 3.93. The fourth-order valence-corrected chi connectivity index (χ4v) is 2.52. The number of hydrogen-bond donors (Lipinski definition) is 1. The second-order valence-electron chi connectivity index (χ2n) is 6.00. The van der Waals surface area contributed by atoms with Gasteiger partial charge in [0.1, 0.15) is 12.3 Å². The van der Waals surface area contributed by atoms with Crippen LogP contribution in [0.25, 0.3) is 11.5 Å². The molecule has 1 heterocycles. The molecule has 9 heteroatoms. The van der Waals surface area contributed by atoms with Crippen molar-refractivity contribution >= 4 is 23.5 Å². The zero-order valence-corrected chi connectivity index (χ0v) is 16.5. The van der Waals surface area contributed by atoms with Crippen molar-refractivity contribution in [2.75, 3.05) is 13.7 Å². The molecule has 0 bridgehead atoms. The normalized spacial score (nSPS) is 11.6. The Kier molecular flexibility index (Phi) is 6.46. The van der Waals surface area contributed by atoms with Crippen molar-refractivity contribution in [1.82, 2.24) is 15.5 Å². The number of methoxy groups -OCH3 is 1. The molecule has 0 saturated heterocycles. The second-order valence-corrected chi connectivity index (χ2v) is 6.43. The third kappa shape index (κ3) is 5.32. The van der Waals surface area contributed by atoms with E-state index in [9.17, 15) is 9.59 Å². The van der Waals surface area contributed by atoms with Gasteiger partial charge in [0.2, 0.25) is 5.89 Å². The molecule has 0 aliphatic carbocycles. The lowest BCUT2D eigenvalue weighted by Gasteiger charge is -2.10. The van der Waals surface area contributed by atoms with E-state index >= 15 is 0 Å². The second kappa shape index (κ2) is 9.20. The molecule has 1 N–H and O–H groups in total. The first-order valence-corrected chi connectivity index (χ1v) is 9.05. The van der Waals surface area contributed by atoms with Gasteiger partial charge in [-0.3, -0.25) is 9.59 Å². The molecule has 150 valence electrons. The van der Waals surface area contributed by atoms with Gasteiger partial charge in [0.15, 0.2) is 6.10 Å². The molecule has 0 fully saturated rings. The van der Waals surface area contributed by atoms with E-state index in [2.05, 4.69) is 15.5 Å². The van der Waals surface area contributed by atoms with Crippen molar-refractivity contribution in [3.63, 3.8) is 0 Å². The number of nitrogens with zero attached hydrogens (tertiary/aromatic N) is 2. The van der Waals surface area contributed by atoms with Crippen LogP contribution < -0.4 is 10.1 Å². The van der Waals surface area contributed by atoms with E-state index in [1.807, 2.05) is 0 Å². The molecule has 0 spiro atoms. The molecule has 1 atom stereocenters. The Bertz CT molecular complexity index is 986. The summed E-state index contributed by atoms with van der Waals surface area (Å²) in [4.78, 5) is 24.0. The highest BCUT2D eigenvalue weighted by atomic mass is 35.5. The Hall–Kier alpha value is -3.39. The Balaban J connectivity index is 1.53. The number of halogens is 1. The maximum atomic E-state index is 12.0. The Morgan fingerprint density at radius 2 is 1.79 bits per heavy atom. The van der Waals surface area contributed by atoms with Crippen LogP contribution >= 0.6 is 11.6 Å². The largest absolute Gasteiger partial charge is 0.497 e.